The van der Waals surface area contributed by atoms with Gasteiger partial charge in [0.2, 0.25) is 0 Å². The van der Waals surface area contributed by atoms with Crippen molar-refractivity contribution in [2.75, 3.05) is 6.54 Å². The molecule has 1 nitrogen and oxygen atoms in total. The van der Waals surface area contributed by atoms with Gasteiger partial charge in [-0.3, -0.25) is 4.99 Å². The Hall–Kier alpha value is -0.850. The van der Waals surface area contributed by atoms with Crippen LogP contribution in [0.5, 0.6) is 0 Å². The summed E-state index contributed by atoms with van der Waals surface area (Å²) in [6.45, 7) is 9.80. The fraction of sp³-hybridized carbons (Fsp3) is 0.722. The van der Waals surface area contributed by atoms with E-state index in [2.05, 4.69) is 45.9 Å². The number of hydrogen-bond acceptors (Lipinski definition) is 1. The lowest BCUT2D eigenvalue weighted by Crippen LogP contribution is -2.09. The van der Waals surface area contributed by atoms with E-state index in [-0.39, 0.29) is 0 Å². The Morgan fingerprint density at radius 2 is 2.00 bits per heavy atom. The Labute approximate surface area is 119 Å². The van der Waals surface area contributed by atoms with Crippen LogP contribution in [0.25, 0.3) is 0 Å². The molecule has 0 aromatic carbocycles. The van der Waals surface area contributed by atoms with Crippen LogP contribution in [0.2, 0.25) is 0 Å². The normalized spacial score (nSPS) is 20.4. The Morgan fingerprint density at radius 1 is 1.32 bits per heavy atom. The highest BCUT2D eigenvalue weighted by Crippen LogP contribution is 2.32. The molecule has 0 bridgehead atoms. The summed E-state index contributed by atoms with van der Waals surface area (Å²) in [7, 11) is 0. The molecule has 1 heteroatoms. The van der Waals surface area contributed by atoms with Crippen molar-refractivity contribution < 1.29 is 0 Å². The molecule has 0 saturated heterocycles. The minimum Gasteiger partial charge on any atom is -0.285 e. The molecule has 1 rings (SSSR count). The number of hydrogen-bond donors (Lipinski definition) is 0. The highest BCUT2D eigenvalue weighted by atomic mass is 14.7. The summed E-state index contributed by atoms with van der Waals surface area (Å²) >= 11 is 0. The van der Waals surface area contributed by atoms with Gasteiger partial charge in [0.05, 0.1) is 5.71 Å². The third-order valence-corrected chi connectivity index (χ3v) is 4.31. The Balaban J connectivity index is 2.48. The van der Waals surface area contributed by atoms with E-state index in [0.717, 1.165) is 24.8 Å². The van der Waals surface area contributed by atoms with E-state index in [1.165, 1.54) is 43.4 Å². The van der Waals surface area contributed by atoms with Gasteiger partial charge in [0, 0.05) is 6.54 Å². The van der Waals surface area contributed by atoms with Crippen LogP contribution < -0.4 is 0 Å². The maximum absolute atomic E-state index is 4.80. The summed E-state index contributed by atoms with van der Waals surface area (Å²) in [4.78, 5) is 4.80. The molecule has 108 valence electrons. The quantitative estimate of drug-likeness (QED) is 0.531. The highest BCUT2D eigenvalue weighted by Gasteiger charge is 2.20. The van der Waals surface area contributed by atoms with Gasteiger partial charge < -0.3 is 0 Å². The number of nitrogens with zero attached hydrogens (tertiary/aromatic N) is 1. The van der Waals surface area contributed by atoms with Crippen LogP contribution >= 0.6 is 0 Å². The molecule has 1 unspecified atom stereocenters. The molecule has 0 spiro atoms. The molecule has 0 amide bonds. The van der Waals surface area contributed by atoms with Crippen molar-refractivity contribution in [2.45, 2.75) is 66.2 Å². The lowest BCUT2D eigenvalue weighted by Gasteiger charge is -2.17. The highest BCUT2D eigenvalue weighted by molar-refractivity contribution is 6.07. The van der Waals surface area contributed by atoms with E-state index in [4.69, 9.17) is 4.99 Å². The molecule has 1 aliphatic carbocycles. The summed E-state index contributed by atoms with van der Waals surface area (Å²) in [5, 5.41) is 0. The van der Waals surface area contributed by atoms with Crippen molar-refractivity contribution in [2.24, 2.45) is 16.8 Å². The maximum Gasteiger partial charge on any atom is 0.0596 e. The average molecular weight is 261 g/mol. The summed E-state index contributed by atoms with van der Waals surface area (Å²) in [5.41, 5.74) is 2.48. The summed E-state index contributed by atoms with van der Waals surface area (Å²) in [5.74, 6) is 1.81. The van der Waals surface area contributed by atoms with E-state index in [0.29, 0.717) is 0 Å². The summed E-state index contributed by atoms with van der Waals surface area (Å²) in [6, 6.07) is 0. The zero-order chi connectivity index (χ0) is 14.1. The van der Waals surface area contributed by atoms with Crippen molar-refractivity contribution in [3.63, 3.8) is 0 Å². The van der Waals surface area contributed by atoms with Gasteiger partial charge in [0.1, 0.15) is 0 Å². The molecule has 0 aromatic rings. The van der Waals surface area contributed by atoms with Crippen LogP contribution in [-0.4, -0.2) is 12.3 Å². The molecular formula is C18H31N. The van der Waals surface area contributed by atoms with Crippen molar-refractivity contribution >= 4 is 5.71 Å². The van der Waals surface area contributed by atoms with Crippen molar-refractivity contribution in [3.8, 4) is 0 Å². The Morgan fingerprint density at radius 3 is 2.58 bits per heavy atom. The molecule has 19 heavy (non-hydrogen) atoms. The predicted octanol–water partition coefficient (Wildman–Crippen LogP) is 5.58. The van der Waals surface area contributed by atoms with Crippen molar-refractivity contribution in [1.29, 1.82) is 0 Å². The molecule has 0 heterocycles. The fourth-order valence-electron chi connectivity index (χ4n) is 3.03. The number of allylic oxidation sites excluding steroid dienone is 4. The minimum absolute atomic E-state index is 0.841. The molecule has 0 aliphatic heterocycles. The Kier molecular flexibility index (Phi) is 7.78. The van der Waals surface area contributed by atoms with Gasteiger partial charge in [-0.15, -0.1) is 0 Å². The van der Waals surface area contributed by atoms with E-state index in [1.54, 1.807) is 0 Å². The van der Waals surface area contributed by atoms with Gasteiger partial charge >= 0.3 is 0 Å². The van der Waals surface area contributed by atoms with Crippen LogP contribution in [-0.2, 0) is 0 Å². The molecular weight excluding hydrogens is 230 g/mol. The molecule has 1 saturated carbocycles. The van der Waals surface area contributed by atoms with Crippen LogP contribution in [0.3, 0.4) is 0 Å². The third kappa shape index (κ3) is 5.76. The van der Waals surface area contributed by atoms with Crippen molar-refractivity contribution in [3.05, 3.63) is 23.8 Å². The molecule has 1 fully saturated rings. The SMILES string of the molecule is C/C=C\C(=NCCC(C)C1CCCC1)C(C)=CCC. The van der Waals surface area contributed by atoms with Crippen LogP contribution in [0.15, 0.2) is 28.8 Å². The predicted molar refractivity (Wildman–Crippen MR) is 86.9 cm³/mol. The number of rotatable bonds is 7. The monoisotopic (exact) mass is 261 g/mol. The van der Waals surface area contributed by atoms with E-state index < -0.39 is 0 Å². The van der Waals surface area contributed by atoms with Gasteiger partial charge in [-0.25, -0.2) is 0 Å². The molecule has 0 radical (unpaired) electrons. The van der Waals surface area contributed by atoms with Crippen LogP contribution in [0.1, 0.15) is 66.2 Å². The third-order valence-electron chi connectivity index (χ3n) is 4.31. The number of aliphatic imine (C=N–C) groups is 1. The molecule has 0 aromatic heterocycles. The first-order chi connectivity index (χ1) is 9.19. The second-order valence-corrected chi connectivity index (χ2v) is 5.87. The lowest BCUT2D eigenvalue weighted by molar-refractivity contribution is 0.350. The molecule has 0 N–H and O–H groups in total. The zero-order valence-electron chi connectivity index (χ0n) is 13.3. The first-order valence-electron chi connectivity index (χ1n) is 8.03. The Bertz CT molecular complexity index is 330. The van der Waals surface area contributed by atoms with Crippen LogP contribution in [0, 0.1) is 11.8 Å². The van der Waals surface area contributed by atoms with Gasteiger partial charge in [-0.2, -0.15) is 0 Å². The molecule has 1 atom stereocenters. The smallest absolute Gasteiger partial charge is 0.0596 e. The first kappa shape index (κ1) is 16.2. The summed E-state index contributed by atoms with van der Waals surface area (Å²) in [6.07, 6.45) is 14.6. The lowest BCUT2D eigenvalue weighted by atomic mass is 9.90. The zero-order valence-corrected chi connectivity index (χ0v) is 13.3. The van der Waals surface area contributed by atoms with E-state index >= 15 is 0 Å². The topological polar surface area (TPSA) is 12.4 Å². The maximum atomic E-state index is 4.80. The van der Waals surface area contributed by atoms with E-state index in [9.17, 15) is 0 Å². The minimum atomic E-state index is 0.841. The van der Waals surface area contributed by atoms with Crippen LogP contribution in [0.4, 0.5) is 0 Å². The van der Waals surface area contributed by atoms with Gasteiger partial charge in [-0.05, 0) is 50.2 Å². The largest absolute Gasteiger partial charge is 0.285 e. The van der Waals surface area contributed by atoms with Gasteiger partial charge in [0.15, 0.2) is 0 Å². The fourth-order valence-corrected chi connectivity index (χ4v) is 3.03. The average Bonchev–Trinajstić information content (AvgIpc) is 2.91. The van der Waals surface area contributed by atoms with E-state index in [1.807, 2.05) is 0 Å². The first-order valence-corrected chi connectivity index (χ1v) is 8.03. The van der Waals surface area contributed by atoms with Gasteiger partial charge in [-0.1, -0.05) is 51.7 Å². The summed E-state index contributed by atoms with van der Waals surface area (Å²) < 4.78 is 0. The van der Waals surface area contributed by atoms with Crippen molar-refractivity contribution in [1.82, 2.24) is 0 Å². The van der Waals surface area contributed by atoms with Gasteiger partial charge in [0.25, 0.3) is 0 Å². The molecule has 1 aliphatic rings. The second-order valence-electron chi connectivity index (χ2n) is 5.87. The second kappa shape index (κ2) is 9.12. The standard InChI is InChI=1S/C18H31N/c1-5-9-16(4)18(10-6-2)19-14-13-15(3)17-11-7-8-12-17/h6,9-10,15,17H,5,7-8,11-14H2,1-4H3/b10-6-,16-9?,19-18?.